The Balaban J connectivity index is 1.95. The van der Waals surface area contributed by atoms with Crippen molar-refractivity contribution in [3.8, 4) is 11.4 Å². The van der Waals surface area contributed by atoms with Crippen LogP contribution < -0.4 is 10.3 Å². The minimum Gasteiger partial charge on any atom is -0.497 e. The van der Waals surface area contributed by atoms with Crippen LogP contribution in [0.25, 0.3) is 5.69 Å². The van der Waals surface area contributed by atoms with Crippen LogP contribution in [-0.2, 0) is 6.42 Å². The molecule has 0 aliphatic rings. The molecule has 0 radical (unpaired) electrons. The smallest absolute Gasteiger partial charge is 0.274 e. The monoisotopic (exact) mass is 372 g/mol. The lowest BCUT2D eigenvalue weighted by atomic mass is 10.1. The lowest BCUT2D eigenvalue weighted by Crippen LogP contribution is -2.17. The van der Waals surface area contributed by atoms with Gasteiger partial charge in [-0.25, -0.2) is 4.68 Å². The van der Waals surface area contributed by atoms with Crippen LogP contribution in [-0.4, -0.2) is 16.9 Å². The number of benzene rings is 2. The summed E-state index contributed by atoms with van der Waals surface area (Å²) in [6.07, 6.45) is 0.609. The van der Waals surface area contributed by atoms with E-state index in [0.717, 1.165) is 32.7 Å². The Morgan fingerprint density at radius 1 is 1.09 bits per heavy atom. The second kappa shape index (κ2) is 6.46. The van der Waals surface area contributed by atoms with Crippen LogP contribution in [0.5, 0.6) is 5.75 Å². The summed E-state index contributed by atoms with van der Waals surface area (Å²) in [6, 6.07) is 15.4. The summed E-state index contributed by atoms with van der Waals surface area (Å²) in [5.74, 6) is 0.764. The summed E-state index contributed by atoms with van der Waals surface area (Å²) in [7, 11) is 1.62. The van der Waals surface area contributed by atoms with Gasteiger partial charge in [0.2, 0.25) is 0 Å². The second-order valence-electron chi connectivity index (χ2n) is 5.36. The van der Waals surface area contributed by atoms with Gasteiger partial charge in [0.15, 0.2) is 0 Å². The summed E-state index contributed by atoms with van der Waals surface area (Å²) in [5, 5.41) is 3.15. The molecule has 0 fully saturated rings. The van der Waals surface area contributed by atoms with Crippen LogP contribution in [0.2, 0.25) is 0 Å². The molecule has 2 aromatic carbocycles. The fourth-order valence-electron chi connectivity index (χ4n) is 2.51. The first-order valence-corrected chi connectivity index (χ1v) is 8.07. The molecule has 4 nitrogen and oxygen atoms in total. The minimum atomic E-state index is -0.0180. The fourth-order valence-corrected chi connectivity index (χ4v) is 2.77. The van der Waals surface area contributed by atoms with Crippen LogP contribution in [0.3, 0.4) is 0 Å². The van der Waals surface area contributed by atoms with Gasteiger partial charge in [0.25, 0.3) is 5.56 Å². The molecule has 3 aromatic rings. The molecular weight excluding hydrogens is 356 g/mol. The molecule has 1 N–H and O–H groups in total. The first-order chi connectivity index (χ1) is 11.1. The number of H-pyrrole nitrogens is 1. The molecule has 0 amide bonds. The van der Waals surface area contributed by atoms with Gasteiger partial charge >= 0.3 is 0 Å². The highest BCUT2D eigenvalue weighted by Gasteiger charge is 2.13. The Bertz CT molecular complexity index is 862. The molecule has 1 aromatic heterocycles. The highest BCUT2D eigenvalue weighted by Crippen LogP contribution is 2.16. The first-order valence-electron chi connectivity index (χ1n) is 7.28. The predicted octanol–water partition coefficient (Wildman–Crippen LogP) is 3.84. The Morgan fingerprint density at radius 2 is 1.74 bits per heavy atom. The molecule has 1 heterocycles. The van der Waals surface area contributed by atoms with Gasteiger partial charge in [-0.2, -0.15) is 0 Å². The summed E-state index contributed by atoms with van der Waals surface area (Å²) in [6.45, 7) is 1.93. The summed E-state index contributed by atoms with van der Waals surface area (Å²) >= 11 is 3.42. The maximum Gasteiger partial charge on any atom is 0.274 e. The van der Waals surface area contributed by atoms with E-state index in [1.165, 1.54) is 0 Å². The highest BCUT2D eigenvalue weighted by molar-refractivity contribution is 9.10. The second-order valence-corrected chi connectivity index (χ2v) is 6.27. The van der Waals surface area contributed by atoms with E-state index < -0.39 is 0 Å². The lowest BCUT2D eigenvalue weighted by Gasteiger charge is -2.03. The Hall–Kier alpha value is -2.27. The number of aromatic nitrogens is 2. The predicted molar refractivity (Wildman–Crippen MR) is 94.6 cm³/mol. The summed E-state index contributed by atoms with van der Waals surface area (Å²) in [4.78, 5) is 12.7. The van der Waals surface area contributed by atoms with E-state index >= 15 is 0 Å². The van der Waals surface area contributed by atoms with E-state index in [2.05, 4.69) is 21.0 Å². The average Bonchev–Trinajstić information content (AvgIpc) is 2.85. The van der Waals surface area contributed by atoms with Crippen molar-refractivity contribution in [1.29, 1.82) is 0 Å². The number of methoxy groups -OCH3 is 1. The normalized spacial score (nSPS) is 10.7. The number of aryl methyl sites for hydroxylation is 1. The molecular formula is C18H17BrN2O2. The minimum absolute atomic E-state index is 0.0180. The quantitative estimate of drug-likeness (QED) is 0.756. The van der Waals surface area contributed by atoms with E-state index in [9.17, 15) is 4.79 Å². The van der Waals surface area contributed by atoms with Gasteiger partial charge in [0.05, 0.1) is 12.8 Å². The van der Waals surface area contributed by atoms with E-state index in [-0.39, 0.29) is 5.56 Å². The van der Waals surface area contributed by atoms with E-state index in [0.29, 0.717) is 6.42 Å². The molecule has 3 rings (SSSR count). The topological polar surface area (TPSA) is 47.0 Å². The molecule has 0 saturated heterocycles. The molecule has 0 spiro atoms. The number of rotatable bonds is 4. The van der Waals surface area contributed by atoms with Crippen molar-refractivity contribution in [3.05, 3.63) is 80.2 Å². The molecule has 118 valence electrons. The highest BCUT2D eigenvalue weighted by atomic mass is 79.9. The third kappa shape index (κ3) is 3.24. The van der Waals surface area contributed by atoms with Crippen LogP contribution in [0, 0.1) is 6.92 Å². The van der Waals surface area contributed by atoms with E-state index in [4.69, 9.17) is 4.74 Å². The standard InChI is InChI=1S/C18H17BrN2O2/c1-12-17(11-13-3-5-14(19)6-4-13)18(22)21(20-12)15-7-9-16(23-2)10-8-15/h3-10,20H,11H2,1-2H3. The van der Waals surface area contributed by atoms with Gasteiger partial charge in [0, 0.05) is 22.2 Å². The molecule has 0 bridgehead atoms. The third-order valence-electron chi connectivity index (χ3n) is 3.82. The van der Waals surface area contributed by atoms with E-state index in [1.54, 1.807) is 11.8 Å². The number of hydrogen-bond donors (Lipinski definition) is 1. The Kier molecular flexibility index (Phi) is 4.39. The van der Waals surface area contributed by atoms with Crippen molar-refractivity contribution in [3.63, 3.8) is 0 Å². The van der Waals surface area contributed by atoms with E-state index in [1.807, 2.05) is 55.5 Å². The zero-order chi connectivity index (χ0) is 16.4. The average molecular weight is 373 g/mol. The van der Waals surface area contributed by atoms with Crippen molar-refractivity contribution in [2.24, 2.45) is 0 Å². The number of hydrogen-bond acceptors (Lipinski definition) is 2. The van der Waals surface area contributed by atoms with Gasteiger partial charge in [-0.1, -0.05) is 28.1 Å². The molecule has 0 atom stereocenters. The lowest BCUT2D eigenvalue weighted by molar-refractivity contribution is 0.414. The molecule has 0 aliphatic heterocycles. The SMILES string of the molecule is COc1ccc(-n2[nH]c(C)c(Cc3ccc(Br)cc3)c2=O)cc1. The third-order valence-corrected chi connectivity index (χ3v) is 4.35. The maximum absolute atomic E-state index is 12.7. The maximum atomic E-state index is 12.7. The fraction of sp³-hybridized carbons (Fsp3) is 0.167. The number of aromatic amines is 1. The zero-order valence-electron chi connectivity index (χ0n) is 13.0. The van der Waals surface area contributed by atoms with Crippen molar-refractivity contribution in [1.82, 2.24) is 9.78 Å². The molecule has 23 heavy (non-hydrogen) atoms. The summed E-state index contributed by atoms with van der Waals surface area (Å²) in [5.41, 5.74) is 3.54. The number of halogens is 1. The molecule has 0 aliphatic carbocycles. The van der Waals surface area contributed by atoms with Gasteiger partial charge in [-0.15, -0.1) is 0 Å². The largest absolute Gasteiger partial charge is 0.497 e. The van der Waals surface area contributed by atoms with Crippen molar-refractivity contribution in [2.45, 2.75) is 13.3 Å². The van der Waals surface area contributed by atoms with Crippen molar-refractivity contribution >= 4 is 15.9 Å². The van der Waals surface area contributed by atoms with Gasteiger partial charge in [-0.3, -0.25) is 9.89 Å². The Morgan fingerprint density at radius 3 is 2.35 bits per heavy atom. The van der Waals surface area contributed by atoms with Crippen molar-refractivity contribution in [2.75, 3.05) is 7.11 Å². The number of nitrogens with zero attached hydrogens (tertiary/aromatic N) is 1. The first kappa shape index (κ1) is 15.6. The number of nitrogens with one attached hydrogen (secondary N) is 1. The summed E-state index contributed by atoms with van der Waals surface area (Å²) < 4.78 is 7.75. The van der Waals surface area contributed by atoms with Gasteiger partial charge < -0.3 is 4.74 Å². The van der Waals surface area contributed by atoms with Gasteiger partial charge in [-0.05, 0) is 48.9 Å². The molecule has 0 saturated carbocycles. The zero-order valence-corrected chi connectivity index (χ0v) is 14.6. The number of ether oxygens (including phenoxy) is 1. The molecule has 5 heteroatoms. The van der Waals surface area contributed by atoms with Crippen LogP contribution in [0.1, 0.15) is 16.8 Å². The van der Waals surface area contributed by atoms with Crippen molar-refractivity contribution < 1.29 is 4.74 Å². The van der Waals surface area contributed by atoms with Crippen LogP contribution >= 0.6 is 15.9 Å². The Labute approximate surface area is 142 Å². The van der Waals surface area contributed by atoms with Crippen LogP contribution in [0.4, 0.5) is 0 Å². The van der Waals surface area contributed by atoms with Crippen LogP contribution in [0.15, 0.2) is 57.8 Å². The molecule has 0 unspecified atom stereocenters. The van der Waals surface area contributed by atoms with Gasteiger partial charge in [0.1, 0.15) is 5.75 Å².